The second-order valence-electron chi connectivity index (χ2n) is 6.76. The Balaban J connectivity index is 1.73. The molecule has 2 fully saturated rings. The highest BCUT2D eigenvalue weighted by atomic mass is 16.2. The fourth-order valence-corrected chi connectivity index (χ4v) is 3.25. The minimum atomic E-state index is -0.0716. The lowest BCUT2D eigenvalue weighted by Crippen LogP contribution is -2.48. The number of hydrogen-bond donors (Lipinski definition) is 0. The lowest BCUT2D eigenvalue weighted by molar-refractivity contribution is -0.119. The Morgan fingerprint density at radius 1 is 1.12 bits per heavy atom. The predicted octanol–water partition coefficient (Wildman–Crippen LogP) is 0.936. The first kappa shape index (κ1) is 16.7. The second-order valence-corrected chi connectivity index (χ2v) is 6.76. The summed E-state index contributed by atoms with van der Waals surface area (Å²) in [5.41, 5.74) is 0.454. The van der Waals surface area contributed by atoms with Crippen LogP contribution in [0.1, 0.15) is 36.1 Å². The van der Waals surface area contributed by atoms with Crippen LogP contribution < -0.4 is 4.90 Å². The summed E-state index contributed by atoms with van der Waals surface area (Å²) in [6.07, 6.45) is 3.14. The van der Waals surface area contributed by atoms with E-state index in [9.17, 15) is 9.59 Å². The zero-order valence-electron chi connectivity index (χ0n) is 14.4. The maximum Gasteiger partial charge on any atom is 0.272 e. The highest BCUT2D eigenvalue weighted by Gasteiger charge is 2.24. The quantitative estimate of drug-likeness (QED) is 0.771. The highest BCUT2D eigenvalue weighted by molar-refractivity contribution is 5.93. The molecule has 3 heterocycles. The van der Waals surface area contributed by atoms with Crippen LogP contribution in [0.2, 0.25) is 0 Å². The molecule has 7 heteroatoms. The maximum absolute atomic E-state index is 12.7. The van der Waals surface area contributed by atoms with Gasteiger partial charge in [-0.25, -0.2) is 9.97 Å². The molecule has 0 N–H and O–H groups in total. The van der Waals surface area contributed by atoms with Crippen LogP contribution in [-0.2, 0) is 4.79 Å². The molecule has 1 aromatic heterocycles. The Bertz CT molecular complexity index is 605. The van der Waals surface area contributed by atoms with Crippen LogP contribution in [0.3, 0.4) is 0 Å². The van der Waals surface area contributed by atoms with Crippen molar-refractivity contribution in [2.75, 3.05) is 44.2 Å². The predicted molar refractivity (Wildman–Crippen MR) is 90.9 cm³/mol. The van der Waals surface area contributed by atoms with Gasteiger partial charge in [-0.1, -0.05) is 6.92 Å². The largest absolute Gasteiger partial charge is 0.356 e. The SMILES string of the molecule is Cc1nc(C(=O)N2CCN(C=O)CC2)cc(N2CCC(C)CC2)n1. The minimum Gasteiger partial charge on any atom is -0.356 e. The van der Waals surface area contributed by atoms with Gasteiger partial charge in [-0.2, -0.15) is 0 Å². The molecule has 0 aromatic carbocycles. The summed E-state index contributed by atoms with van der Waals surface area (Å²) >= 11 is 0. The maximum atomic E-state index is 12.7. The number of piperidine rings is 1. The summed E-state index contributed by atoms with van der Waals surface area (Å²) in [6, 6.07) is 1.82. The zero-order chi connectivity index (χ0) is 17.1. The molecule has 2 saturated heterocycles. The Kier molecular flexibility index (Phi) is 4.97. The van der Waals surface area contributed by atoms with E-state index >= 15 is 0 Å². The van der Waals surface area contributed by atoms with Gasteiger partial charge in [-0.3, -0.25) is 9.59 Å². The van der Waals surface area contributed by atoms with Crippen LogP contribution in [-0.4, -0.2) is 71.4 Å². The molecule has 2 aliphatic heterocycles. The monoisotopic (exact) mass is 331 g/mol. The van der Waals surface area contributed by atoms with Crippen LogP contribution in [0.5, 0.6) is 0 Å². The number of carbonyl (C=O) groups excluding carboxylic acids is 2. The summed E-state index contributed by atoms with van der Waals surface area (Å²) < 4.78 is 0. The molecule has 7 nitrogen and oxygen atoms in total. The molecule has 1 aromatic rings. The second kappa shape index (κ2) is 7.15. The van der Waals surface area contributed by atoms with E-state index in [1.165, 1.54) is 0 Å². The molecule has 130 valence electrons. The normalized spacial score (nSPS) is 19.5. The third kappa shape index (κ3) is 3.66. The molecule has 0 radical (unpaired) electrons. The fraction of sp³-hybridized carbons (Fsp3) is 0.647. The van der Waals surface area contributed by atoms with Crippen molar-refractivity contribution in [2.45, 2.75) is 26.7 Å². The van der Waals surface area contributed by atoms with Gasteiger partial charge in [0.25, 0.3) is 5.91 Å². The van der Waals surface area contributed by atoms with Crippen molar-refractivity contribution in [1.82, 2.24) is 19.8 Å². The number of rotatable bonds is 3. The molecule has 3 rings (SSSR count). The number of amides is 2. The molecule has 0 spiro atoms. The van der Waals surface area contributed by atoms with Gasteiger partial charge >= 0.3 is 0 Å². The van der Waals surface area contributed by atoms with Gasteiger partial charge in [0, 0.05) is 45.3 Å². The molecule has 0 atom stereocenters. The highest BCUT2D eigenvalue weighted by Crippen LogP contribution is 2.22. The third-order valence-corrected chi connectivity index (χ3v) is 4.90. The van der Waals surface area contributed by atoms with Crippen LogP contribution in [0.15, 0.2) is 6.07 Å². The van der Waals surface area contributed by atoms with E-state index in [2.05, 4.69) is 21.8 Å². The van der Waals surface area contributed by atoms with Crippen molar-refractivity contribution in [2.24, 2.45) is 5.92 Å². The molecule has 0 aliphatic carbocycles. The Morgan fingerprint density at radius 2 is 1.79 bits per heavy atom. The van der Waals surface area contributed by atoms with Gasteiger partial charge in [0.1, 0.15) is 17.3 Å². The molecule has 0 saturated carbocycles. The van der Waals surface area contributed by atoms with Gasteiger partial charge < -0.3 is 14.7 Å². The lowest BCUT2D eigenvalue weighted by Gasteiger charge is -2.33. The molecular formula is C17H25N5O2. The molecular weight excluding hydrogens is 306 g/mol. The van der Waals surface area contributed by atoms with Gasteiger partial charge in [0.05, 0.1) is 0 Å². The van der Waals surface area contributed by atoms with E-state index in [4.69, 9.17) is 0 Å². The van der Waals surface area contributed by atoms with E-state index in [-0.39, 0.29) is 5.91 Å². The molecule has 0 unspecified atom stereocenters. The first-order chi connectivity index (χ1) is 11.6. The first-order valence-corrected chi connectivity index (χ1v) is 8.66. The number of carbonyl (C=O) groups is 2. The van der Waals surface area contributed by atoms with Crippen LogP contribution in [0.25, 0.3) is 0 Å². The van der Waals surface area contributed by atoms with E-state index in [1.54, 1.807) is 9.80 Å². The third-order valence-electron chi connectivity index (χ3n) is 4.90. The fourth-order valence-electron chi connectivity index (χ4n) is 3.25. The summed E-state index contributed by atoms with van der Waals surface area (Å²) in [6.45, 7) is 8.32. The number of aryl methyl sites for hydroxylation is 1. The van der Waals surface area contributed by atoms with E-state index in [1.807, 2.05) is 13.0 Å². The van der Waals surface area contributed by atoms with Gasteiger partial charge in [-0.05, 0) is 25.7 Å². The zero-order valence-corrected chi connectivity index (χ0v) is 14.4. The van der Waals surface area contributed by atoms with Crippen LogP contribution in [0.4, 0.5) is 5.82 Å². The Labute approximate surface area is 142 Å². The number of piperazine rings is 1. The van der Waals surface area contributed by atoms with Crippen molar-refractivity contribution in [1.29, 1.82) is 0 Å². The van der Waals surface area contributed by atoms with Gasteiger partial charge in [-0.15, -0.1) is 0 Å². The van der Waals surface area contributed by atoms with Gasteiger partial charge in [0.2, 0.25) is 6.41 Å². The van der Waals surface area contributed by atoms with E-state index in [0.717, 1.165) is 44.1 Å². The lowest BCUT2D eigenvalue weighted by atomic mass is 9.99. The van der Waals surface area contributed by atoms with Crippen molar-refractivity contribution < 1.29 is 9.59 Å². The standard InChI is InChI=1S/C17H25N5O2/c1-13-3-5-21(6-4-13)16-11-15(18-14(2)19-16)17(24)22-9-7-20(12-23)8-10-22/h11-13H,3-10H2,1-2H3. The Hall–Kier alpha value is -2.18. The summed E-state index contributed by atoms with van der Waals surface area (Å²) in [5, 5.41) is 0. The molecule has 2 amide bonds. The average molecular weight is 331 g/mol. The molecule has 0 bridgehead atoms. The van der Waals surface area contributed by atoms with Gasteiger partial charge in [0.15, 0.2) is 0 Å². The van der Waals surface area contributed by atoms with E-state index in [0.29, 0.717) is 37.7 Å². The summed E-state index contributed by atoms with van der Waals surface area (Å²) in [4.78, 5) is 38.1. The number of aromatic nitrogens is 2. The van der Waals surface area contributed by atoms with Crippen molar-refractivity contribution in [3.8, 4) is 0 Å². The molecule has 2 aliphatic rings. The summed E-state index contributed by atoms with van der Waals surface area (Å²) in [7, 11) is 0. The smallest absolute Gasteiger partial charge is 0.272 e. The summed E-state index contributed by atoms with van der Waals surface area (Å²) in [5.74, 6) is 2.15. The topological polar surface area (TPSA) is 69.6 Å². The van der Waals surface area contributed by atoms with Crippen molar-refractivity contribution in [3.63, 3.8) is 0 Å². The molecule has 24 heavy (non-hydrogen) atoms. The van der Waals surface area contributed by atoms with Crippen LogP contribution >= 0.6 is 0 Å². The number of nitrogens with zero attached hydrogens (tertiary/aromatic N) is 5. The average Bonchev–Trinajstić information content (AvgIpc) is 2.61. The van der Waals surface area contributed by atoms with E-state index < -0.39 is 0 Å². The van der Waals surface area contributed by atoms with Crippen molar-refractivity contribution >= 4 is 18.1 Å². The number of anilines is 1. The van der Waals surface area contributed by atoms with Crippen molar-refractivity contribution in [3.05, 3.63) is 17.6 Å². The minimum absolute atomic E-state index is 0.0716. The first-order valence-electron chi connectivity index (χ1n) is 8.66. The number of hydrogen-bond acceptors (Lipinski definition) is 5. The Morgan fingerprint density at radius 3 is 2.42 bits per heavy atom. The van der Waals surface area contributed by atoms with Crippen LogP contribution in [0, 0.1) is 12.8 Å².